The summed E-state index contributed by atoms with van der Waals surface area (Å²) in [6.07, 6.45) is 0. The van der Waals surface area contributed by atoms with E-state index in [1.165, 1.54) is 19.2 Å². The van der Waals surface area contributed by atoms with Gasteiger partial charge in [-0.05, 0) is 18.2 Å². The van der Waals surface area contributed by atoms with Gasteiger partial charge in [-0.25, -0.2) is 0 Å². The van der Waals surface area contributed by atoms with Gasteiger partial charge in [-0.2, -0.15) is 8.42 Å². The minimum atomic E-state index is -4.19. The zero-order valence-corrected chi connectivity index (χ0v) is 7.71. The van der Waals surface area contributed by atoms with Gasteiger partial charge >= 0.3 is 51.4 Å². The van der Waals surface area contributed by atoms with Crippen molar-refractivity contribution in [1.82, 2.24) is 0 Å². The van der Waals surface area contributed by atoms with Crippen LogP contribution in [0.15, 0.2) is 23.1 Å². The molecule has 0 aliphatic carbocycles. The molecule has 1 rings (SSSR count). The average molecular weight is 243 g/mol. The summed E-state index contributed by atoms with van der Waals surface area (Å²) in [5.74, 6) is 0.368. The van der Waals surface area contributed by atoms with E-state index in [9.17, 15) is 8.42 Å². The van der Waals surface area contributed by atoms with Crippen molar-refractivity contribution >= 4 is 67.2 Å². The SMILES string of the molecule is COc1ccc(S(=O)(=O)O)cc1N.[KH]. The summed E-state index contributed by atoms with van der Waals surface area (Å²) in [5, 5.41) is 0. The monoisotopic (exact) mass is 243 g/mol. The molecule has 7 heteroatoms. The van der Waals surface area contributed by atoms with Crippen LogP contribution in [0.5, 0.6) is 5.75 Å². The van der Waals surface area contributed by atoms with Crippen LogP contribution in [0.4, 0.5) is 5.69 Å². The van der Waals surface area contributed by atoms with E-state index >= 15 is 0 Å². The number of nitrogens with two attached hydrogens (primary N) is 1. The van der Waals surface area contributed by atoms with Gasteiger partial charge in [0.1, 0.15) is 5.75 Å². The van der Waals surface area contributed by atoms with Gasteiger partial charge < -0.3 is 10.5 Å². The van der Waals surface area contributed by atoms with E-state index in [2.05, 4.69) is 0 Å². The second kappa shape index (κ2) is 5.45. The van der Waals surface area contributed by atoms with Crippen molar-refractivity contribution in [3.05, 3.63) is 18.2 Å². The third-order valence-corrected chi connectivity index (χ3v) is 2.35. The third-order valence-electron chi connectivity index (χ3n) is 1.50. The Labute approximate surface area is 125 Å². The molecule has 0 aromatic heterocycles. The van der Waals surface area contributed by atoms with Crippen LogP contribution in [0.25, 0.3) is 0 Å². The zero-order valence-electron chi connectivity index (χ0n) is 6.89. The molecule has 5 nitrogen and oxygen atoms in total. The number of nitrogen functional groups attached to an aromatic ring is 1. The van der Waals surface area contributed by atoms with E-state index in [0.717, 1.165) is 6.07 Å². The van der Waals surface area contributed by atoms with Gasteiger partial charge in [-0.1, -0.05) is 0 Å². The number of anilines is 1. The Bertz CT molecular complexity index is 418. The van der Waals surface area contributed by atoms with Crippen molar-refractivity contribution in [3.8, 4) is 5.75 Å². The second-order valence-corrected chi connectivity index (χ2v) is 3.80. The number of hydrogen-bond acceptors (Lipinski definition) is 4. The molecule has 0 fully saturated rings. The molecule has 0 saturated heterocycles. The van der Waals surface area contributed by atoms with Gasteiger partial charge in [0.05, 0.1) is 17.7 Å². The van der Waals surface area contributed by atoms with Crippen molar-refractivity contribution in [1.29, 1.82) is 0 Å². The van der Waals surface area contributed by atoms with Crippen molar-refractivity contribution in [2.75, 3.05) is 12.8 Å². The van der Waals surface area contributed by atoms with Crippen LogP contribution >= 0.6 is 0 Å². The molecular formula is C7H10KNO4S. The van der Waals surface area contributed by atoms with Gasteiger partial charge in [0.25, 0.3) is 10.1 Å². The first-order valence-electron chi connectivity index (χ1n) is 3.36. The van der Waals surface area contributed by atoms with Gasteiger partial charge in [-0.15, -0.1) is 0 Å². The minimum absolute atomic E-state index is 0. The molecule has 0 aliphatic heterocycles. The predicted molar refractivity (Wildman–Crippen MR) is 54.4 cm³/mol. The molecule has 0 heterocycles. The van der Waals surface area contributed by atoms with Gasteiger partial charge in [0.15, 0.2) is 0 Å². The Morgan fingerprint density at radius 1 is 1.43 bits per heavy atom. The quantitative estimate of drug-likeness (QED) is 0.429. The number of methoxy groups -OCH3 is 1. The average Bonchev–Trinajstić information content (AvgIpc) is 2.02. The van der Waals surface area contributed by atoms with Crippen LogP contribution in [-0.2, 0) is 10.1 Å². The van der Waals surface area contributed by atoms with E-state index < -0.39 is 10.1 Å². The number of hydrogen-bond donors (Lipinski definition) is 2. The molecule has 0 aliphatic rings. The number of ether oxygens (including phenoxy) is 1. The van der Waals surface area contributed by atoms with E-state index in [-0.39, 0.29) is 62.0 Å². The number of benzene rings is 1. The summed E-state index contributed by atoms with van der Waals surface area (Å²) in [6.45, 7) is 0. The summed E-state index contributed by atoms with van der Waals surface area (Å²) in [6, 6.07) is 3.72. The summed E-state index contributed by atoms with van der Waals surface area (Å²) in [7, 11) is -2.77. The fourth-order valence-corrected chi connectivity index (χ4v) is 1.39. The van der Waals surface area contributed by atoms with Crippen LogP contribution in [0.1, 0.15) is 0 Å². The molecule has 74 valence electrons. The van der Waals surface area contributed by atoms with Crippen LogP contribution in [0, 0.1) is 0 Å². The van der Waals surface area contributed by atoms with Crippen LogP contribution in [-0.4, -0.2) is 71.5 Å². The van der Waals surface area contributed by atoms with Crippen molar-refractivity contribution < 1.29 is 17.7 Å². The zero-order chi connectivity index (χ0) is 10.1. The normalized spacial score (nSPS) is 10.4. The van der Waals surface area contributed by atoms with Crippen molar-refractivity contribution in [2.24, 2.45) is 0 Å². The first kappa shape index (κ1) is 14.4. The molecule has 1 aromatic carbocycles. The molecule has 3 N–H and O–H groups in total. The first-order valence-corrected chi connectivity index (χ1v) is 4.80. The molecule has 1 aromatic rings. The Hall–Kier alpha value is 0.366. The fourth-order valence-electron chi connectivity index (χ4n) is 0.873. The summed E-state index contributed by atoms with van der Waals surface area (Å²) >= 11 is 0. The maximum absolute atomic E-state index is 10.6. The third kappa shape index (κ3) is 3.50. The topological polar surface area (TPSA) is 89.6 Å². The molecule has 0 radical (unpaired) electrons. The first-order chi connectivity index (χ1) is 5.95. The Balaban J connectivity index is 0.00000169. The molecular weight excluding hydrogens is 233 g/mol. The molecule has 0 atom stereocenters. The fraction of sp³-hybridized carbons (Fsp3) is 0.143. The van der Waals surface area contributed by atoms with Crippen LogP contribution < -0.4 is 10.5 Å². The summed E-state index contributed by atoms with van der Waals surface area (Å²) in [5.41, 5.74) is 5.59. The Morgan fingerprint density at radius 2 is 2.00 bits per heavy atom. The predicted octanol–water partition coefficient (Wildman–Crippen LogP) is -0.124. The number of rotatable bonds is 2. The molecule has 0 amide bonds. The maximum atomic E-state index is 10.6. The van der Waals surface area contributed by atoms with Crippen molar-refractivity contribution in [3.63, 3.8) is 0 Å². The second-order valence-electron chi connectivity index (χ2n) is 2.38. The molecule has 14 heavy (non-hydrogen) atoms. The van der Waals surface area contributed by atoms with Crippen LogP contribution in [0.2, 0.25) is 0 Å². The Morgan fingerprint density at radius 3 is 2.36 bits per heavy atom. The van der Waals surface area contributed by atoms with E-state index in [0.29, 0.717) is 5.75 Å². The van der Waals surface area contributed by atoms with Crippen LogP contribution in [0.3, 0.4) is 0 Å². The van der Waals surface area contributed by atoms with E-state index in [1.54, 1.807) is 0 Å². The molecule has 0 bridgehead atoms. The standard InChI is InChI=1S/C7H9NO4S.K.H/c1-12-7-3-2-5(4-6(7)8)13(9,10)11;;/h2-4H,8H2,1H3,(H,9,10,11);;. The molecule has 0 saturated carbocycles. The van der Waals surface area contributed by atoms with E-state index in [4.69, 9.17) is 15.0 Å². The molecule has 0 spiro atoms. The van der Waals surface area contributed by atoms with Gasteiger partial charge in [0, 0.05) is 0 Å². The molecule has 0 unspecified atom stereocenters. The van der Waals surface area contributed by atoms with Crippen molar-refractivity contribution in [2.45, 2.75) is 4.90 Å². The van der Waals surface area contributed by atoms with Gasteiger partial charge in [0.2, 0.25) is 0 Å². The van der Waals surface area contributed by atoms with E-state index in [1.807, 2.05) is 0 Å². The summed E-state index contributed by atoms with van der Waals surface area (Å²) < 4.78 is 34.8. The Kier molecular flexibility index (Phi) is 5.59. The van der Waals surface area contributed by atoms with Gasteiger partial charge in [-0.3, -0.25) is 4.55 Å². The summed E-state index contributed by atoms with van der Waals surface area (Å²) in [4.78, 5) is -0.245.